The summed E-state index contributed by atoms with van der Waals surface area (Å²) in [5.41, 5.74) is 5.48. The fourth-order valence-corrected chi connectivity index (χ4v) is 7.14. The van der Waals surface area contributed by atoms with E-state index in [0.29, 0.717) is 57.0 Å². The number of rotatable bonds is 16. The number of nitrogen functional groups attached to an aromatic ring is 1. The van der Waals surface area contributed by atoms with Gasteiger partial charge in [-0.2, -0.15) is 19.0 Å². The van der Waals surface area contributed by atoms with Crippen LogP contribution in [-0.4, -0.2) is 90.4 Å². The lowest BCUT2D eigenvalue weighted by Crippen LogP contribution is -2.18. The molecule has 1 aromatic carbocycles. The number of hydrogen-bond donors (Lipinski definition) is 6. The first-order chi connectivity index (χ1) is 37.9. The van der Waals surface area contributed by atoms with E-state index in [1.54, 1.807) is 61.5 Å². The van der Waals surface area contributed by atoms with Gasteiger partial charge in [-0.3, -0.25) is 19.0 Å². The van der Waals surface area contributed by atoms with Crippen molar-refractivity contribution in [1.82, 2.24) is 54.4 Å². The van der Waals surface area contributed by atoms with Gasteiger partial charge in [-0.05, 0) is 70.2 Å². The molecule has 0 amide bonds. The predicted molar refractivity (Wildman–Crippen MR) is 280 cm³/mol. The number of aliphatic hydroxyl groups is 2. The van der Waals surface area contributed by atoms with Crippen LogP contribution in [0.2, 0.25) is 5.02 Å². The highest BCUT2D eigenvalue weighted by atomic mass is 35.5. The summed E-state index contributed by atoms with van der Waals surface area (Å²) in [4.78, 5) is 53.1. The minimum absolute atomic E-state index is 0.00939. The minimum atomic E-state index is -2.40. The average molecular weight is 1050 g/mol. The first-order valence-corrected chi connectivity index (χ1v) is 22.8. The number of hydrogen-bond acceptors (Lipinski definition) is 19. The summed E-state index contributed by atoms with van der Waals surface area (Å²) in [6.07, 6.45) is 6.50. The number of aryl methyl sites for hydroxylation is 2. The summed E-state index contributed by atoms with van der Waals surface area (Å²) in [7, 11) is 4.75. The Morgan fingerprint density at radius 3 is 1.77 bits per heavy atom. The first kappa shape index (κ1) is 47.5. The number of pyridine rings is 5. The zero-order valence-electron chi connectivity index (χ0n) is 47.7. The fourth-order valence-electron chi connectivity index (χ4n) is 6.88. The Hall–Kier alpha value is -8.54. The highest BCUT2D eigenvalue weighted by Gasteiger charge is 2.24. The standard InChI is InChI=1S/C25H27FN8O3.C16H17ClFN3O2.C10H12N4O/c1-6-18(35)15-12-28-20(31-19-8-7-16(22(26)32-19)25(2,3)36)11-17(15)30-24-21(37-5)14(9-10-27-24)23-29-13-34(4)33-23;1-4-12(22)9-8-19-14(7-11(9)17)20-13-6-5-10(15(18)21-13)16(2,3)23;1-14-6-12-10(13-14)7-4-3-5-8(11)9(7)15-2/h7-13,36H,6H2,1-5H3,(H2,27,28,30,31,32);5-8,23H,4H2,1-3H3,(H,19,20,21);3-6H,11H2,1-2H3/i;2*1D3. The van der Waals surface area contributed by atoms with E-state index in [9.17, 15) is 28.6 Å². The number of Topliss-reactive ketones (excluding diaryl/α,β-unsaturated/α-hetero) is 2. The van der Waals surface area contributed by atoms with Crippen molar-refractivity contribution in [3.05, 3.63) is 131 Å². The molecule has 0 fully saturated rings. The topological polar surface area (TPSA) is 281 Å². The Morgan fingerprint density at radius 2 is 1.27 bits per heavy atom. The number of nitrogens with zero attached hydrogens (tertiary/aromatic N) is 11. The van der Waals surface area contributed by atoms with Crippen LogP contribution >= 0.6 is 11.6 Å². The number of nitrogens with two attached hydrogens (primary N) is 1. The van der Waals surface area contributed by atoms with Crippen LogP contribution in [0, 0.1) is 11.9 Å². The first-order valence-electron chi connectivity index (χ1n) is 25.5. The van der Waals surface area contributed by atoms with Crippen molar-refractivity contribution in [3.8, 4) is 34.3 Å². The molecule has 0 atom stereocenters. The van der Waals surface area contributed by atoms with E-state index in [-0.39, 0.29) is 57.2 Å². The highest BCUT2D eigenvalue weighted by molar-refractivity contribution is 6.34. The number of anilines is 7. The number of carbonyl (C=O) groups is 2. The van der Waals surface area contributed by atoms with E-state index in [2.05, 4.69) is 61.0 Å². The number of methoxy groups -OCH3 is 2. The molecular weight excluding hydrogens is 992 g/mol. The normalized spacial score (nSPS) is 12.7. The van der Waals surface area contributed by atoms with Crippen molar-refractivity contribution in [2.24, 2.45) is 14.0 Å². The second-order valence-corrected chi connectivity index (χ2v) is 17.4. The van der Waals surface area contributed by atoms with Gasteiger partial charge in [0.15, 0.2) is 40.5 Å². The molecule has 21 nitrogen and oxygen atoms in total. The Kier molecular flexibility index (Phi) is 15.2. The molecule has 0 saturated carbocycles. The second kappa shape index (κ2) is 24.0. The summed E-state index contributed by atoms with van der Waals surface area (Å²) < 4.78 is 84.7. The van der Waals surface area contributed by atoms with Gasteiger partial charge in [-0.15, -0.1) is 0 Å². The summed E-state index contributed by atoms with van der Waals surface area (Å²) >= 11 is 6.02. The molecule has 8 aromatic rings. The molecule has 0 unspecified atom stereocenters. The van der Waals surface area contributed by atoms with Gasteiger partial charge in [-0.1, -0.05) is 31.4 Å². The Bertz CT molecular complexity index is 3560. The predicted octanol–water partition coefficient (Wildman–Crippen LogP) is 9.03. The van der Waals surface area contributed by atoms with Crippen LogP contribution in [0.25, 0.3) is 22.8 Å². The Balaban J connectivity index is 0.000000209. The van der Waals surface area contributed by atoms with Gasteiger partial charge in [0, 0.05) is 76.9 Å². The molecule has 0 aliphatic rings. The summed E-state index contributed by atoms with van der Waals surface area (Å²) in [6, 6.07) is 15.6. The van der Waals surface area contributed by atoms with Gasteiger partial charge in [0.1, 0.15) is 35.9 Å². The number of para-hydroxylation sites is 1. The van der Waals surface area contributed by atoms with E-state index in [4.69, 9.17) is 35.0 Å². The number of benzene rings is 1. The minimum Gasteiger partial charge on any atom is -0.494 e. The zero-order chi connectivity index (χ0) is 59.8. The smallest absolute Gasteiger partial charge is 0.220 e. The molecular formula is C51H56ClF2N15O6. The summed E-state index contributed by atoms with van der Waals surface area (Å²) in [5, 5.41) is 37.0. The van der Waals surface area contributed by atoms with Crippen LogP contribution in [0.4, 0.5) is 49.2 Å². The van der Waals surface area contributed by atoms with Gasteiger partial charge in [0.25, 0.3) is 0 Å². The maximum atomic E-state index is 14.5. The monoisotopic (exact) mass is 1050 g/mol. The zero-order valence-corrected chi connectivity index (χ0v) is 42.5. The third-order valence-electron chi connectivity index (χ3n) is 10.6. The Morgan fingerprint density at radius 1 is 0.720 bits per heavy atom. The van der Waals surface area contributed by atoms with Crippen LogP contribution in [0.15, 0.2) is 91.9 Å². The van der Waals surface area contributed by atoms with Crippen molar-refractivity contribution in [2.45, 2.75) is 65.5 Å². The lowest BCUT2D eigenvalue weighted by molar-refractivity contribution is 0.0730. The van der Waals surface area contributed by atoms with Gasteiger partial charge >= 0.3 is 0 Å². The molecule has 24 heteroatoms. The van der Waals surface area contributed by atoms with Crippen molar-refractivity contribution in [2.75, 3.05) is 35.9 Å². The number of ketones is 2. The molecule has 0 radical (unpaired) electrons. The largest absolute Gasteiger partial charge is 0.494 e. The average Bonchev–Trinajstić information content (AvgIpc) is 4.14. The quantitative estimate of drug-likeness (QED) is 0.0299. The number of nitrogens with one attached hydrogen (secondary N) is 3. The fraction of sp³-hybridized carbons (Fsp3) is 0.275. The van der Waals surface area contributed by atoms with Crippen LogP contribution < -0.4 is 31.2 Å². The van der Waals surface area contributed by atoms with Crippen LogP contribution in [-0.2, 0) is 25.2 Å². The van der Waals surface area contributed by atoms with Gasteiger partial charge in [0.05, 0.1) is 64.1 Å². The van der Waals surface area contributed by atoms with E-state index in [0.717, 1.165) is 17.2 Å². The third kappa shape index (κ3) is 14.0. The molecule has 7 N–H and O–H groups in total. The van der Waals surface area contributed by atoms with Crippen molar-refractivity contribution < 1.29 is 46.3 Å². The second-order valence-electron chi connectivity index (χ2n) is 17.0. The lowest BCUT2D eigenvalue weighted by atomic mass is 10.0. The highest BCUT2D eigenvalue weighted by Crippen LogP contribution is 2.37. The molecule has 0 bridgehead atoms. The molecule has 0 aliphatic carbocycles. The van der Waals surface area contributed by atoms with E-state index in [1.807, 2.05) is 0 Å². The summed E-state index contributed by atoms with van der Waals surface area (Å²) in [6.45, 7) is 2.84. The van der Waals surface area contributed by atoms with Crippen molar-refractivity contribution in [3.63, 3.8) is 0 Å². The molecule has 392 valence electrons. The van der Waals surface area contributed by atoms with Crippen molar-refractivity contribution in [1.29, 1.82) is 0 Å². The van der Waals surface area contributed by atoms with E-state index < -0.39 is 49.1 Å². The van der Waals surface area contributed by atoms with E-state index in [1.165, 1.54) is 78.4 Å². The van der Waals surface area contributed by atoms with Crippen LogP contribution in [0.5, 0.6) is 11.5 Å². The Labute approximate surface area is 444 Å². The molecule has 0 aliphatic heterocycles. The number of halogens is 3. The molecule has 75 heavy (non-hydrogen) atoms. The maximum absolute atomic E-state index is 14.5. The SMILES string of the molecule is CCC(=O)c1cnc(Nc2ccc(C(C)(C)O)c(F)n2)cc1Nc1nccc(-c2ncn(C)n2)c1OC.[2H]C([2H])([2H])CC(=O)c1cnc(Nc2ccc(C(C)(C)O)c(F)n2)cc1Cl.[2H]C([2H])([2H])n1cnc(-c2cccc(N)c2OC)n1. The molecule has 0 spiro atoms. The van der Waals surface area contributed by atoms with Gasteiger partial charge < -0.3 is 41.4 Å². The molecule has 8 rings (SSSR count). The number of ether oxygens (including phenoxy) is 2. The molecule has 0 saturated heterocycles. The number of carbonyl (C=O) groups excluding carboxylic acids is 2. The van der Waals surface area contributed by atoms with Gasteiger partial charge in [0.2, 0.25) is 11.9 Å². The maximum Gasteiger partial charge on any atom is 0.220 e. The van der Waals surface area contributed by atoms with Crippen LogP contribution in [0.1, 0.15) is 94.4 Å². The van der Waals surface area contributed by atoms with Crippen molar-refractivity contribution >= 4 is 63.6 Å². The number of aromatic nitrogens is 11. The molecule has 7 heterocycles. The lowest BCUT2D eigenvalue weighted by Gasteiger charge is -2.18. The van der Waals surface area contributed by atoms with Gasteiger partial charge in [-0.25, -0.2) is 34.9 Å². The van der Waals surface area contributed by atoms with Crippen LogP contribution in [0.3, 0.4) is 0 Å². The summed E-state index contributed by atoms with van der Waals surface area (Å²) in [5.74, 6) is 0.260. The third-order valence-corrected chi connectivity index (χ3v) is 10.9. The molecule has 7 aromatic heterocycles. The van der Waals surface area contributed by atoms with E-state index >= 15 is 0 Å².